The molecule has 0 saturated carbocycles. The number of hydrogen-bond donors (Lipinski definition) is 0. The number of hydrogen-bond acceptors (Lipinski definition) is 2. The third kappa shape index (κ3) is 6.00. The minimum atomic E-state index is 0.0130. The van der Waals surface area contributed by atoms with E-state index in [-0.39, 0.29) is 5.16 Å². The van der Waals surface area contributed by atoms with E-state index in [0.29, 0.717) is 15.2 Å². The van der Waals surface area contributed by atoms with Crippen LogP contribution in [0.4, 0.5) is 0 Å². The van der Waals surface area contributed by atoms with E-state index in [9.17, 15) is 0 Å². The normalized spacial score (nSPS) is 13.6. The molecule has 170 valence electrons. The van der Waals surface area contributed by atoms with Crippen LogP contribution in [0.25, 0.3) is 0 Å². The number of rotatable bonds is 9. The molecule has 2 nitrogen and oxygen atoms in total. The maximum atomic E-state index is 6.50. The van der Waals surface area contributed by atoms with Gasteiger partial charge in [-0.15, -0.1) is 0 Å². The monoisotopic (exact) mass is 447 g/mol. The van der Waals surface area contributed by atoms with Gasteiger partial charge in [0.2, 0.25) is 0 Å². The lowest BCUT2D eigenvalue weighted by atomic mass is 9.92. The van der Waals surface area contributed by atoms with Crippen molar-refractivity contribution in [1.29, 1.82) is 0 Å². The lowest BCUT2D eigenvalue weighted by molar-refractivity contribution is 0.297. The van der Waals surface area contributed by atoms with Gasteiger partial charge in [0.15, 0.2) is 0 Å². The minimum Gasteiger partial charge on any atom is -0.488 e. The van der Waals surface area contributed by atoms with Crippen molar-refractivity contribution in [2.75, 3.05) is 14.1 Å². The molecule has 2 unspecified atom stereocenters. The predicted molar refractivity (Wildman–Crippen MR) is 141 cm³/mol. The van der Waals surface area contributed by atoms with Gasteiger partial charge >= 0.3 is 0 Å². The third-order valence-corrected chi connectivity index (χ3v) is 8.04. The van der Waals surface area contributed by atoms with E-state index < -0.39 is 0 Å². The summed E-state index contributed by atoms with van der Waals surface area (Å²) in [5.74, 6) is 1.05. The summed E-state index contributed by atoms with van der Waals surface area (Å²) in [6.07, 6.45) is 1.06. The first kappa shape index (κ1) is 24.5. The predicted octanol–water partition coefficient (Wildman–Crippen LogP) is 6.88. The molecule has 0 heterocycles. The molecule has 3 heteroatoms. The number of ether oxygens (including phenoxy) is 1. The average Bonchev–Trinajstić information content (AvgIpc) is 2.75. The summed E-state index contributed by atoms with van der Waals surface area (Å²) in [7, 11) is 4.97. The summed E-state index contributed by atoms with van der Waals surface area (Å²) in [4.78, 5) is 2.26. The third-order valence-electron chi connectivity index (χ3n) is 6.10. The van der Waals surface area contributed by atoms with Gasteiger partial charge in [-0.2, -0.15) is 0 Å². The Labute approximate surface area is 196 Å². The summed E-state index contributed by atoms with van der Waals surface area (Å²) in [5.41, 5.74) is 7.81. The highest BCUT2D eigenvalue weighted by Crippen LogP contribution is 2.49. The van der Waals surface area contributed by atoms with Crippen molar-refractivity contribution in [2.45, 2.75) is 59.3 Å². The van der Waals surface area contributed by atoms with Crippen LogP contribution in [0.15, 0.2) is 60.7 Å². The standard InChI is InChI=1S/C29H38NOP/c1-8-29(5,32-27-15-14-21(2)17-25(27)19-30(6)7)26-18-22(3)16-23(4)28(26)31-20-24-12-10-9-11-13-24/h9-18,32H,8,19-20H2,1-7H3. The molecule has 3 rings (SSSR count). The van der Waals surface area contributed by atoms with Crippen LogP contribution in [-0.4, -0.2) is 19.0 Å². The van der Waals surface area contributed by atoms with Crippen LogP contribution in [0.3, 0.4) is 0 Å². The van der Waals surface area contributed by atoms with Crippen LogP contribution < -0.4 is 10.0 Å². The molecule has 2 atom stereocenters. The summed E-state index contributed by atoms with van der Waals surface area (Å²) in [6, 6.07) is 22.0. The molecule has 0 radical (unpaired) electrons. The molecular weight excluding hydrogens is 409 g/mol. The molecule has 0 aliphatic heterocycles. The quantitative estimate of drug-likeness (QED) is 0.332. The molecule has 0 fully saturated rings. The second-order valence-corrected chi connectivity index (χ2v) is 11.3. The molecule has 0 N–H and O–H groups in total. The van der Waals surface area contributed by atoms with Gasteiger partial charge in [0.25, 0.3) is 0 Å². The highest BCUT2D eigenvalue weighted by Gasteiger charge is 2.30. The largest absolute Gasteiger partial charge is 0.488 e. The van der Waals surface area contributed by atoms with Crippen molar-refractivity contribution >= 4 is 13.9 Å². The van der Waals surface area contributed by atoms with Crippen molar-refractivity contribution in [3.63, 3.8) is 0 Å². The van der Waals surface area contributed by atoms with E-state index in [1.165, 1.54) is 38.7 Å². The fraction of sp³-hybridized carbons (Fsp3) is 0.379. The Morgan fingerprint density at radius 2 is 1.62 bits per heavy atom. The van der Waals surface area contributed by atoms with Gasteiger partial charge in [-0.05, 0) is 63.3 Å². The lowest BCUT2D eigenvalue weighted by Gasteiger charge is -2.33. The fourth-order valence-electron chi connectivity index (χ4n) is 4.24. The molecule has 0 spiro atoms. The second kappa shape index (κ2) is 10.6. The van der Waals surface area contributed by atoms with Crippen LogP contribution in [0, 0.1) is 20.8 Å². The van der Waals surface area contributed by atoms with Crippen LogP contribution in [0.5, 0.6) is 5.75 Å². The molecule has 0 amide bonds. The number of benzene rings is 3. The Balaban J connectivity index is 2.00. The fourth-order valence-corrected chi connectivity index (χ4v) is 5.81. The smallest absolute Gasteiger partial charge is 0.126 e. The van der Waals surface area contributed by atoms with E-state index in [1.54, 1.807) is 0 Å². The molecular formula is C29H38NOP. The Hall–Kier alpha value is -2.15. The molecule has 0 aliphatic rings. The van der Waals surface area contributed by atoms with Crippen LogP contribution in [0.2, 0.25) is 0 Å². The first-order chi connectivity index (χ1) is 15.2. The van der Waals surface area contributed by atoms with Gasteiger partial charge in [-0.1, -0.05) is 94.2 Å². The Kier molecular flexibility index (Phi) is 8.15. The minimum absolute atomic E-state index is 0.0130. The van der Waals surface area contributed by atoms with Gasteiger partial charge in [-0.3, -0.25) is 0 Å². The zero-order valence-electron chi connectivity index (χ0n) is 20.8. The topological polar surface area (TPSA) is 12.5 Å². The number of nitrogens with zero attached hydrogens (tertiary/aromatic N) is 1. The van der Waals surface area contributed by atoms with E-state index >= 15 is 0 Å². The van der Waals surface area contributed by atoms with E-state index in [0.717, 1.165) is 18.7 Å². The van der Waals surface area contributed by atoms with Crippen molar-refractivity contribution in [3.8, 4) is 5.75 Å². The van der Waals surface area contributed by atoms with E-state index in [4.69, 9.17) is 4.74 Å². The highest BCUT2D eigenvalue weighted by atomic mass is 31.1. The highest BCUT2D eigenvalue weighted by molar-refractivity contribution is 7.48. The first-order valence-electron chi connectivity index (χ1n) is 11.5. The van der Waals surface area contributed by atoms with E-state index in [1.807, 2.05) is 6.07 Å². The van der Waals surface area contributed by atoms with Crippen molar-refractivity contribution in [3.05, 3.63) is 94.0 Å². The average molecular weight is 448 g/mol. The molecule has 32 heavy (non-hydrogen) atoms. The van der Waals surface area contributed by atoms with Gasteiger partial charge < -0.3 is 9.64 Å². The van der Waals surface area contributed by atoms with Crippen LogP contribution in [-0.2, 0) is 18.3 Å². The van der Waals surface area contributed by atoms with Crippen LogP contribution >= 0.6 is 8.58 Å². The summed E-state index contributed by atoms with van der Waals surface area (Å²) < 4.78 is 6.50. The van der Waals surface area contributed by atoms with Gasteiger partial charge in [-0.25, -0.2) is 0 Å². The summed E-state index contributed by atoms with van der Waals surface area (Å²) in [6.45, 7) is 12.8. The van der Waals surface area contributed by atoms with E-state index in [2.05, 4.69) is 108 Å². The second-order valence-electron chi connectivity index (χ2n) is 9.44. The molecule has 3 aromatic carbocycles. The molecule has 3 aromatic rings. The first-order valence-corrected chi connectivity index (χ1v) is 12.5. The molecule has 0 bridgehead atoms. The van der Waals surface area contributed by atoms with Crippen molar-refractivity contribution in [2.24, 2.45) is 0 Å². The van der Waals surface area contributed by atoms with Crippen molar-refractivity contribution in [1.82, 2.24) is 4.90 Å². The van der Waals surface area contributed by atoms with Gasteiger partial charge in [0.1, 0.15) is 12.4 Å². The maximum Gasteiger partial charge on any atom is 0.126 e. The van der Waals surface area contributed by atoms with Gasteiger partial charge in [0, 0.05) is 17.3 Å². The molecule has 0 aliphatic carbocycles. The lowest BCUT2D eigenvalue weighted by Crippen LogP contribution is -2.23. The zero-order valence-corrected chi connectivity index (χ0v) is 21.8. The zero-order chi connectivity index (χ0) is 23.3. The van der Waals surface area contributed by atoms with Crippen molar-refractivity contribution < 1.29 is 4.74 Å². The Morgan fingerprint density at radius 1 is 0.906 bits per heavy atom. The summed E-state index contributed by atoms with van der Waals surface area (Å²) >= 11 is 0. The maximum absolute atomic E-state index is 6.50. The number of aryl methyl sites for hydroxylation is 3. The SMILES string of the molecule is CCC(C)(Pc1ccc(C)cc1CN(C)C)c1cc(C)cc(C)c1OCc1ccccc1. The summed E-state index contributed by atoms with van der Waals surface area (Å²) in [5, 5.41) is 1.47. The molecule has 0 aromatic heterocycles. The van der Waals surface area contributed by atoms with Gasteiger partial charge in [0.05, 0.1) is 0 Å². The Bertz CT molecular complexity index is 1040. The Morgan fingerprint density at radius 3 is 2.28 bits per heavy atom. The molecule has 0 saturated heterocycles. The van der Waals surface area contributed by atoms with Crippen LogP contribution in [0.1, 0.15) is 53.6 Å².